The van der Waals surface area contributed by atoms with Crippen molar-refractivity contribution in [1.82, 2.24) is 0 Å². The summed E-state index contributed by atoms with van der Waals surface area (Å²) in [5, 5.41) is 0. The Bertz CT molecular complexity index is 395. The SMILES string of the molecule is COc1cc([C@@H](N)C(F)(F)F)cc(OC)c1OC. The topological polar surface area (TPSA) is 53.7 Å². The predicted octanol–water partition coefficient (Wildman–Crippen LogP) is 2.27. The van der Waals surface area contributed by atoms with Crippen LogP contribution in [0.1, 0.15) is 11.6 Å². The van der Waals surface area contributed by atoms with Gasteiger partial charge in [0.1, 0.15) is 6.04 Å². The van der Waals surface area contributed by atoms with Gasteiger partial charge in [0.25, 0.3) is 0 Å². The fraction of sp³-hybridized carbons (Fsp3) is 0.455. The van der Waals surface area contributed by atoms with Gasteiger partial charge in [-0.05, 0) is 17.7 Å². The molecule has 0 amide bonds. The third-order valence-electron chi connectivity index (χ3n) is 2.40. The van der Waals surface area contributed by atoms with Crippen LogP contribution in [0.15, 0.2) is 12.1 Å². The normalized spacial score (nSPS) is 13.1. The van der Waals surface area contributed by atoms with Gasteiger partial charge in [0, 0.05) is 0 Å². The monoisotopic (exact) mass is 265 g/mol. The molecular weight excluding hydrogens is 251 g/mol. The standard InChI is InChI=1S/C11H14F3NO3/c1-16-7-4-6(10(15)11(12,13)14)5-8(17-2)9(7)18-3/h4-5,10H,15H2,1-3H3/t10-/m1/s1. The zero-order valence-electron chi connectivity index (χ0n) is 10.2. The number of nitrogens with two attached hydrogens (primary N) is 1. The third kappa shape index (κ3) is 2.79. The number of methoxy groups -OCH3 is 3. The highest BCUT2D eigenvalue weighted by Gasteiger charge is 2.38. The Morgan fingerprint density at radius 1 is 1.00 bits per heavy atom. The molecular formula is C11H14F3NO3. The zero-order valence-corrected chi connectivity index (χ0v) is 10.2. The molecule has 1 aromatic rings. The summed E-state index contributed by atoms with van der Waals surface area (Å²) in [6.07, 6.45) is -4.54. The van der Waals surface area contributed by atoms with E-state index in [9.17, 15) is 13.2 Å². The average Bonchev–Trinajstić information content (AvgIpc) is 2.34. The average molecular weight is 265 g/mol. The van der Waals surface area contributed by atoms with Crippen molar-refractivity contribution in [2.75, 3.05) is 21.3 Å². The summed E-state index contributed by atoms with van der Waals surface area (Å²) in [5.41, 5.74) is 4.98. The third-order valence-corrected chi connectivity index (χ3v) is 2.40. The molecule has 4 nitrogen and oxygen atoms in total. The fourth-order valence-corrected chi connectivity index (χ4v) is 1.47. The van der Waals surface area contributed by atoms with E-state index in [0.717, 1.165) is 0 Å². The lowest BCUT2D eigenvalue weighted by atomic mass is 10.1. The largest absolute Gasteiger partial charge is 0.493 e. The molecule has 1 atom stereocenters. The van der Waals surface area contributed by atoms with Crippen molar-refractivity contribution < 1.29 is 27.4 Å². The van der Waals surface area contributed by atoms with Gasteiger partial charge in [0.05, 0.1) is 21.3 Å². The van der Waals surface area contributed by atoms with Crippen LogP contribution in [0.2, 0.25) is 0 Å². The minimum atomic E-state index is -4.54. The molecule has 0 bridgehead atoms. The van der Waals surface area contributed by atoms with Crippen LogP contribution in [0.5, 0.6) is 17.2 Å². The Labute approximate surface area is 102 Å². The van der Waals surface area contributed by atoms with Gasteiger partial charge in [-0.3, -0.25) is 0 Å². The molecule has 0 radical (unpaired) electrons. The lowest BCUT2D eigenvalue weighted by Gasteiger charge is -2.19. The van der Waals surface area contributed by atoms with Gasteiger partial charge in [-0.1, -0.05) is 0 Å². The van der Waals surface area contributed by atoms with Crippen LogP contribution in [0, 0.1) is 0 Å². The molecule has 0 unspecified atom stereocenters. The summed E-state index contributed by atoms with van der Waals surface area (Å²) in [6, 6.07) is 0.255. The molecule has 1 aromatic carbocycles. The Kier molecular flexibility index (Phi) is 4.28. The molecule has 0 heterocycles. The summed E-state index contributed by atoms with van der Waals surface area (Å²) in [4.78, 5) is 0. The van der Waals surface area contributed by atoms with Gasteiger partial charge < -0.3 is 19.9 Å². The first kappa shape index (κ1) is 14.4. The number of halogens is 3. The molecule has 0 aromatic heterocycles. The molecule has 0 saturated heterocycles. The van der Waals surface area contributed by atoms with Gasteiger partial charge in [-0.2, -0.15) is 13.2 Å². The molecule has 0 aliphatic rings. The van der Waals surface area contributed by atoms with E-state index >= 15 is 0 Å². The van der Waals surface area contributed by atoms with E-state index in [1.54, 1.807) is 0 Å². The van der Waals surface area contributed by atoms with Crippen LogP contribution >= 0.6 is 0 Å². The van der Waals surface area contributed by atoms with E-state index in [1.807, 2.05) is 0 Å². The van der Waals surface area contributed by atoms with E-state index in [1.165, 1.54) is 33.5 Å². The lowest BCUT2D eigenvalue weighted by Crippen LogP contribution is -2.28. The van der Waals surface area contributed by atoms with Crippen molar-refractivity contribution >= 4 is 0 Å². The highest BCUT2D eigenvalue weighted by Crippen LogP contribution is 2.41. The van der Waals surface area contributed by atoms with Crippen molar-refractivity contribution in [2.24, 2.45) is 5.73 Å². The Balaban J connectivity index is 3.32. The van der Waals surface area contributed by atoms with Crippen LogP contribution in [0.4, 0.5) is 13.2 Å². The lowest BCUT2D eigenvalue weighted by molar-refractivity contribution is -0.149. The molecule has 18 heavy (non-hydrogen) atoms. The van der Waals surface area contributed by atoms with E-state index in [0.29, 0.717) is 0 Å². The zero-order chi connectivity index (χ0) is 13.9. The minimum Gasteiger partial charge on any atom is -0.493 e. The van der Waals surface area contributed by atoms with Crippen LogP contribution in [-0.4, -0.2) is 27.5 Å². The number of benzene rings is 1. The predicted molar refractivity (Wildman–Crippen MR) is 59.1 cm³/mol. The fourth-order valence-electron chi connectivity index (χ4n) is 1.47. The van der Waals surface area contributed by atoms with Gasteiger partial charge >= 0.3 is 6.18 Å². The second-order valence-electron chi connectivity index (χ2n) is 3.48. The second-order valence-corrected chi connectivity index (χ2v) is 3.48. The summed E-state index contributed by atoms with van der Waals surface area (Å²) < 4.78 is 52.6. The van der Waals surface area contributed by atoms with Gasteiger partial charge in [-0.15, -0.1) is 0 Å². The molecule has 2 N–H and O–H groups in total. The number of rotatable bonds is 4. The first-order valence-electron chi connectivity index (χ1n) is 4.97. The van der Waals surface area contributed by atoms with Crippen molar-refractivity contribution in [3.05, 3.63) is 17.7 Å². The summed E-state index contributed by atoms with van der Waals surface area (Å²) in [5.74, 6) is 0.483. The van der Waals surface area contributed by atoms with Crippen LogP contribution in [-0.2, 0) is 0 Å². The Hall–Kier alpha value is -1.63. The summed E-state index contributed by atoms with van der Waals surface area (Å²) in [6.45, 7) is 0. The molecule has 102 valence electrons. The van der Waals surface area contributed by atoms with Gasteiger partial charge in [-0.25, -0.2) is 0 Å². The molecule has 0 spiro atoms. The molecule has 7 heteroatoms. The maximum atomic E-state index is 12.6. The van der Waals surface area contributed by atoms with E-state index in [4.69, 9.17) is 19.9 Å². The molecule has 1 rings (SSSR count). The molecule has 0 aliphatic heterocycles. The second kappa shape index (κ2) is 5.34. The van der Waals surface area contributed by atoms with Crippen molar-refractivity contribution in [1.29, 1.82) is 0 Å². The van der Waals surface area contributed by atoms with Crippen molar-refractivity contribution in [3.63, 3.8) is 0 Å². The molecule has 0 saturated carbocycles. The first-order valence-corrected chi connectivity index (χ1v) is 4.97. The number of ether oxygens (including phenoxy) is 3. The number of alkyl halides is 3. The minimum absolute atomic E-state index is 0.131. The molecule has 0 aliphatic carbocycles. The smallest absolute Gasteiger partial charge is 0.407 e. The maximum absolute atomic E-state index is 12.6. The van der Waals surface area contributed by atoms with Crippen LogP contribution in [0.25, 0.3) is 0 Å². The number of hydrogen-bond donors (Lipinski definition) is 1. The van der Waals surface area contributed by atoms with E-state index < -0.39 is 12.2 Å². The van der Waals surface area contributed by atoms with Gasteiger partial charge in [0.15, 0.2) is 11.5 Å². The first-order chi connectivity index (χ1) is 8.35. The Morgan fingerprint density at radius 2 is 1.44 bits per heavy atom. The highest BCUT2D eigenvalue weighted by molar-refractivity contribution is 5.54. The maximum Gasteiger partial charge on any atom is 0.407 e. The Morgan fingerprint density at radius 3 is 1.72 bits per heavy atom. The van der Waals surface area contributed by atoms with E-state index in [-0.39, 0.29) is 22.8 Å². The van der Waals surface area contributed by atoms with E-state index in [2.05, 4.69) is 0 Å². The van der Waals surface area contributed by atoms with Crippen LogP contribution in [0.3, 0.4) is 0 Å². The van der Waals surface area contributed by atoms with Crippen molar-refractivity contribution in [3.8, 4) is 17.2 Å². The quantitative estimate of drug-likeness (QED) is 0.907. The highest BCUT2D eigenvalue weighted by atomic mass is 19.4. The molecule has 0 fully saturated rings. The van der Waals surface area contributed by atoms with Gasteiger partial charge in [0.2, 0.25) is 5.75 Å². The summed E-state index contributed by atoms with van der Waals surface area (Å²) in [7, 11) is 4.00. The van der Waals surface area contributed by atoms with Crippen molar-refractivity contribution in [2.45, 2.75) is 12.2 Å². The number of hydrogen-bond acceptors (Lipinski definition) is 4. The summed E-state index contributed by atoms with van der Waals surface area (Å²) >= 11 is 0. The van der Waals surface area contributed by atoms with Crippen LogP contribution < -0.4 is 19.9 Å².